The van der Waals surface area contributed by atoms with Crippen molar-refractivity contribution < 1.29 is 29.7 Å². The summed E-state index contributed by atoms with van der Waals surface area (Å²) in [5.41, 5.74) is 15.0. The Morgan fingerprint density at radius 3 is 2.08 bits per heavy atom. The number of allylic oxidation sites excluding steroid dienone is 2. The summed E-state index contributed by atoms with van der Waals surface area (Å²) in [4.78, 5) is 1.57. The van der Waals surface area contributed by atoms with Crippen LogP contribution < -0.4 is 5.22 Å². The molecule has 0 amide bonds. The molecule has 0 radical (unpaired) electrons. The van der Waals surface area contributed by atoms with Gasteiger partial charge in [-0.3, -0.25) is 0 Å². The summed E-state index contributed by atoms with van der Waals surface area (Å²) >= 11 is -0.826. The monoisotopic (exact) mass is 783 g/mol. The molecule has 0 spiro atoms. The Hall–Kier alpha value is -3.53. The maximum absolute atomic E-state index is 6.46. The Morgan fingerprint density at radius 1 is 0.780 bits per heavy atom. The van der Waals surface area contributed by atoms with Crippen LogP contribution in [0.25, 0.3) is 45.0 Å². The number of halogens is 2. The second-order valence-electron chi connectivity index (χ2n) is 13.2. The van der Waals surface area contributed by atoms with Crippen LogP contribution in [0.1, 0.15) is 57.4 Å². The van der Waals surface area contributed by atoms with Crippen molar-refractivity contribution in [3.05, 3.63) is 171 Å². The molecule has 1 unspecified atom stereocenters. The molecule has 2 nitrogen and oxygen atoms in total. The summed E-state index contributed by atoms with van der Waals surface area (Å²) in [6.07, 6.45) is 9.47. The number of hydrogen-bond acceptors (Lipinski definition) is 2. The molecule has 1 fully saturated rings. The van der Waals surface area contributed by atoms with Crippen molar-refractivity contribution in [2.75, 3.05) is 0 Å². The summed E-state index contributed by atoms with van der Waals surface area (Å²) in [7, 11) is 9.31. The predicted octanol–water partition coefficient (Wildman–Crippen LogP) is 12.0. The summed E-state index contributed by atoms with van der Waals surface area (Å²) < 4.78 is 12.7. The molecule has 2 aliphatic carbocycles. The summed E-state index contributed by atoms with van der Waals surface area (Å²) in [5, 5.41) is 1.28. The first-order valence-electron chi connectivity index (χ1n) is 17.1. The van der Waals surface area contributed by atoms with Gasteiger partial charge in [0.25, 0.3) is 0 Å². The van der Waals surface area contributed by atoms with Gasteiger partial charge in [0.05, 0.1) is 12.0 Å². The average molecular weight is 786 g/mol. The number of benzene rings is 4. The van der Waals surface area contributed by atoms with Gasteiger partial charge in [0, 0.05) is 14.3 Å². The van der Waals surface area contributed by atoms with Crippen molar-refractivity contribution in [1.82, 2.24) is 0 Å². The zero-order valence-corrected chi connectivity index (χ0v) is 33.2. The molecular weight excluding hydrogens is 751 g/mol. The molecule has 0 N–H and O–H groups in total. The van der Waals surface area contributed by atoms with Crippen LogP contribution in [0.4, 0.5) is 0 Å². The van der Waals surface area contributed by atoms with Crippen LogP contribution in [0.2, 0.25) is 12.1 Å². The zero-order valence-electron chi connectivity index (χ0n) is 28.2. The molecule has 0 saturated carbocycles. The van der Waals surface area contributed by atoms with Gasteiger partial charge in [-0.15, -0.1) is 28.5 Å². The fraction of sp³-hybridized carbons (Fsp3) is 0.159. The Balaban J connectivity index is 0.00000116. The molecule has 1 atom stereocenters. The predicted molar refractivity (Wildman–Crippen MR) is 205 cm³/mol. The van der Waals surface area contributed by atoms with E-state index in [4.69, 9.17) is 25.9 Å². The molecule has 0 bridgehead atoms. The van der Waals surface area contributed by atoms with Gasteiger partial charge >= 0.3 is 37.9 Å². The van der Waals surface area contributed by atoms with E-state index >= 15 is 0 Å². The summed E-state index contributed by atoms with van der Waals surface area (Å²) in [5.74, 6) is 2.60. The van der Waals surface area contributed by atoms with Crippen LogP contribution in [0.3, 0.4) is 0 Å². The first-order valence-corrected chi connectivity index (χ1v) is 25.3. The van der Waals surface area contributed by atoms with E-state index < -0.39 is 29.3 Å². The van der Waals surface area contributed by atoms with Crippen molar-refractivity contribution in [2.45, 2.75) is 45.2 Å². The van der Waals surface area contributed by atoms with Gasteiger partial charge in [-0.2, -0.15) is 0 Å². The molecule has 6 aromatic rings. The SMILES string of the molecule is Cc1ccc(C2=Cc3c(ccc(C)c3-c3ccccc3)C2C2=c3c(cc(=[Si]4CCC4)c(C)c3-c3ccccc3)[C-]=C2c2ccco2)o1.[Cl][Zr][Cl]. The summed E-state index contributed by atoms with van der Waals surface area (Å²) in [6.45, 7) is 6.62. The topological polar surface area (TPSA) is 26.3 Å². The fourth-order valence-electron chi connectivity index (χ4n) is 8.01. The van der Waals surface area contributed by atoms with Gasteiger partial charge in [-0.1, -0.05) is 101 Å². The van der Waals surface area contributed by atoms with E-state index in [0.717, 1.165) is 22.9 Å². The summed E-state index contributed by atoms with van der Waals surface area (Å²) in [6, 6.07) is 39.9. The third kappa shape index (κ3) is 5.89. The molecule has 6 heteroatoms. The van der Waals surface area contributed by atoms with Crippen molar-refractivity contribution in [3.8, 4) is 22.3 Å². The van der Waals surface area contributed by atoms with Crippen molar-refractivity contribution in [1.29, 1.82) is 0 Å². The number of hydrogen-bond donors (Lipinski definition) is 0. The Labute approximate surface area is 313 Å². The van der Waals surface area contributed by atoms with Gasteiger partial charge in [-0.25, -0.2) is 0 Å². The average Bonchev–Trinajstić information content (AvgIpc) is 3.91. The minimum atomic E-state index is -0.826. The van der Waals surface area contributed by atoms with E-state index in [1.54, 1.807) is 11.1 Å². The third-order valence-corrected chi connectivity index (χ3v) is 13.5. The number of rotatable bonds is 5. The molecule has 4 aromatic carbocycles. The van der Waals surface area contributed by atoms with Crippen molar-refractivity contribution in [3.63, 3.8) is 0 Å². The normalized spacial score (nSPS) is 15.8. The minimum absolute atomic E-state index is 0.0714. The molecule has 246 valence electrons. The Bertz CT molecular complexity index is 2420. The third-order valence-electron chi connectivity index (χ3n) is 10.3. The Kier molecular flexibility index (Phi) is 9.57. The van der Waals surface area contributed by atoms with Crippen molar-refractivity contribution in [2.24, 2.45) is 0 Å². The second kappa shape index (κ2) is 14.2. The molecule has 3 aliphatic rings. The van der Waals surface area contributed by atoms with Crippen LogP contribution in [0.5, 0.6) is 0 Å². The van der Waals surface area contributed by atoms with Gasteiger partial charge in [0.1, 0.15) is 11.5 Å². The van der Waals surface area contributed by atoms with E-state index in [0.29, 0.717) is 0 Å². The van der Waals surface area contributed by atoms with E-state index in [1.807, 2.05) is 13.0 Å². The molecule has 1 saturated heterocycles. The van der Waals surface area contributed by atoms with Gasteiger partial charge < -0.3 is 8.83 Å². The first kappa shape index (κ1) is 33.6. The molecule has 50 heavy (non-hydrogen) atoms. The first-order chi connectivity index (χ1) is 24.5. The standard InChI is InChI=1S/C44H35O2Si.2ClH.Zr/c1-27-17-19-33-34(40(27)30-12-6-4-7-13-30)26-36(38-20-18-28(2)46-38)43(33)44-35(37-16-10-21-45-37)24-32-25-39(47-22-11-23-47)29(3)41(42(32)44)31-14-8-5-9-15-31;;;/h4-10,12-21,25-26,43H,11,22-23H2,1-3H3;2*1H;/q-1;;;+2/p-2. The molecular formula is C44H35Cl2O2SiZr-. The molecule has 2 aromatic heterocycles. The maximum atomic E-state index is 6.46. The quantitative estimate of drug-likeness (QED) is 0.129. The molecule has 9 rings (SSSR count). The van der Waals surface area contributed by atoms with E-state index in [-0.39, 0.29) is 5.92 Å². The number of furan rings is 2. The van der Waals surface area contributed by atoms with Gasteiger partial charge in [-0.05, 0) is 102 Å². The van der Waals surface area contributed by atoms with Crippen LogP contribution in [0, 0.1) is 31.7 Å². The van der Waals surface area contributed by atoms with Crippen molar-refractivity contribution >= 4 is 48.2 Å². The van der Waals surface area contributed by atoms with Crippen LogP contribution in [-0.2, 0) is 20.8 Å². The molecule has 1 aliphatic heterocycles. The van der Waals surface area contributed by atoms with E-state index in [9.17, 15) is 0 Å². The second-order valence-corrected chi connectivity index (χ2v) is 19.7. The van der Waals surface area contributed by atoms with E-state index in [2.05, 4.69) is 123 Å². The molecule has 3 heterocycles. The van der Waals surface area contributed by atoms with E-state index in [1.165, 1.54) is 84.9 Å². The van der Waals surface area contributed by atoms with Gasteiger partial charge in [0.15, 0.2) is 0 Å². The van der Waals surface area contributed by atoms with Crippen LogP contribution in [-0.4, -0.2) is 8.41 Å². The fourth-order valence-corrected chi connectivity index (χ4v) is 10.3. The van der Waals surface area contributed by atoms with Gasteiger partial charge in [0.2, 0.25) is 0 Å². The number of aryl methyl sites for hydroxylation is 2. The zero-order chi connectivity index (χ0) is 34.4. The number of fused-ring (bicyclic) bond motifs is 2. The van der Waals surface area contributed by atoms with Crippen LogP contribution in [0.15, 0.2) is 118 Å². The van der Waals surface area contributed by atoms with Crippen LogP contribution >= 0.6 is 17.0 Å². The Morgan fingerprint density at radius 2 is 1.48 bits per heavy atom.